The fraction of sp³-hybridized carbons (Fsp3) is 0.412. The van der Waals surface area contributed by atoms with Gasteiger partial charge >= 0.3 is 0 Å². The highest BCUT2D eigenvalue weighted by molar-refractivity contribution is 5.96. The fourth-order valence-electron chi connectivity index (χ4n) is 6.86. The maximum Gasteiger partial charge on any atom is 0.220 e. The molecule has 6 rings (SSSR count). The van der Waals surface area contributed by atoms with E-state index in [2.05, 4.69) is 59.9 Å². The van der Waals surface area contributed by atoms with Crippen LogP contribution in [0.4, 0.5) is 0 Å². The number of pyridine rings is 2. The Kier molecular flexibility index (Phi) is 6.27. The van der Waals surface area contributed by atoms with Gasteiger partial charge in [-0.05, 0) is 96.3 Å². The lowest BCUT2D eigenvalue weighted by Gasteiger charge is -2.28. The minimum atomic E-state index is 0.549. The zero-order valence-electron chi connectivity index (χ0n) is 22.9. The molecule has 0 spiro atoms. The van der Waals surface area contributed by atoms with Gasteiger partial charge in [-0.1, -0.05) is 56.7 Å². The number of nitrogens with zero attached hydrogens (tertiary/aromatic N) is 2. The lowest BCUT2D eigenvalue weighted by atomic mass is 9.76. The Hall–Kier alpha value is -3.00. The van der Waals surface area contributed by atoms with E-state index in [1.807, 2.05) is 24.5 Å². The molecule has 0 saturated heterocycles. The molecule has 2 nitrogen and oxygen atoms in total. The Bertz CT molecular complexity index is 1410. The third kappa shape index (κ3) is 4.47. The number of hydrogen-bond donors (Lipinski definition) is 0. The van der Waals surface area contributed by atoms with Crippen molar-refractivity contribution < 1.29 is 5.94 Å². The van der Waals surface area contributed by atoms with Crippen LogP contribution >= 0.6 is 0 Å². The normalized spacial score (nSPS) is 17.9. The summed E-state index contributed by atoms with van der Waals surface area (Å²) >= 11 is 0. The van der Waals surface area contributed by atoms with Gasteiger partial charge < -0.3 is 0 Å². The molecule has 2 aliphatic carbocycles. The molecule has 2 saturated carbocycles. The first-order valence-corrected chi connectivity index (χ1v) is 14.1. The average Bonchev–Trinajstić information content (AvgIpc) is 2.95. The number of aromatic nitrogens is 2. The molecule has 4 aromatic rings. The SMILES string of the molecule is [2H]c1cc2cc(-c3cccnc3)ccc2c(-c2cc(C3CCCCC3)cc(C3CCCCC3)c2C)[n+]1C. The summed E-state index contributed by atoms with van der Waals surface area (Å²) in [5, 5.41) is 2.35. The van der Waals surface area contributed by atoms with Crippen molar-refractivity contribution in [3.05, 3.63) is 83.8 Å². The van der Waals surface area contributed by atoms with E-state index in [-0.39, 0.29) is 0 Å². The highest BCUT2D eigenvalue weighted by Gasteiger charge is 2.26. The van der Waals surface area contributed by atoms with Crippen molar-refractivity contribution in [3.63, 3.8) is 0 Å². The number of benzene rings is 2. The Balaban J connectivity index is 1.56. The van der Waals surface area contributed by atoms with E-state index in [1.54, 1.807) is 5.56 Å². The van der Waals surface area contributed by atoms with E-state index >= 15 is 0 Å². The summed E-state index contributed by atoms with van der Waals surface area (Å²) in [5.41, 5.74) is 9.32. The lowest BCUT2D eigenvalue weighted by Crippen LogP contribution is -2.31. The quantitative estimate of drug-likeness (QED) is 0.269. The van der Waals surface area contributed by atoms with Gasteiger partial charge in [0.15, 0.2) is 6.17 Å². The Labute approximate surface area is 217 Å². The van der Waals surface area contributed by atoms with Crippen molar-refractivity contribution in [3.8, 4) is 22.4 Å². The summed E-state index contributed by atoms with van der Waals surface area (Å²) < 4.78 is 11.0. The first-order valence-electron chi connectivity index (χ1n) is 14.6. The molecular weight excluding hydrogens is 436 g/mol. The predicted molar refractivity (Wildman–Crippen MR) is 150 cm³/mol. The van der Waals surface area contributed by atoms with Crippen LogP contribution in [0.5, 0.6) is 0 Å². The van der Waals surface area contributed by atoms with Gasteiger partial charge in [0.1, 0.15) is 8.42 Å². The van der Waals surface area contributed by atoms with Crippen LogP contribution in [0.15, 0.2) is 67.1 Å². The van der Waals surface area contributed by atoms with Crippen LogP contribution < -0.4 is 4.57 Å². The molecule has 2 heterocycles. The van der Waals surface area contributed by atoms with E-state index < -0.39 is 0 Å². The van der Waals surface area contributed by atoms with Crippen molar-refractivity contribution in [2.45, 2.75) is 83.0 Å². The molecule has 0 N–H and O–H groups in total. The Morgan fingerprint density at radius 2 is 1.58 bits per heavy atom. The van der Waals surface area contributed by atoms with Crippen molar-refractivity contribution in [1.29, 1.82) is 0 Å². The summed E-state index contributed by atoms with van der Waals surface area (Å²) in [6.07, 6.45) is 17.7. The summed E-state index contributed by atoms with van der Waals surface area (Å²) in [6.45, 7) is 2.34. The van der Waals surface area contributed by atoms with Gasteiger partial charge in [0.25, 0.3) is 0 Å². The lowest BCUT2D eigenvalue weighted by molar-refractivity contribution is -0.659. The van der Waals surface area contributed by atoms with Gasteiger partial charge in [-0.25, -0.2) is 4.57 Å². The summed E-state index contributed by atoms with van der Waals surface area (Å²) in [7, 11) is 2.07. The largest absolute Gasteiger partial charge is 0.264 e. The van der Waals surface area contributed by atoms with Gasteiger partial charge in [-0.15, -0.1) is 0 Å². The molecule has 2 aromatic heterocycles. The van der Waals surface area contributed by atoms with Gasteiger partial charge in [0.05, 0.1) is 10.9 Å². The second-order valence-electron chi connectivity index (χ2n) is 11.2. The van der Waals surface area contributed by atoms with Crippen LogP contribution in [0.1, 0.15) is 94.1 Å². The fourth-order valence-corrected chi connectivity index (χ4v) is 6.86. The highest BCUT2D eigenvalue weighted by atomic mass is 14.9. The molecule has 2 heteroatoms. The molecule has 184 valence electrons. The molecule has 2 aromatic carbocycles. The monoisotopic (exact) mass is 476 g/mol. The standard InChI is InChI=1S/C34H39N2/c1-24-32(26-12-7-4-8-13-26)21-30(25-10-5-3-6-11-25)22-33(24)34-31-16-15-27(29-14-9-18-35-23-29)20-28(31)17-19-36(34)2/h9,14-23,25-26H,3-8,10-13H2,1-2H3/q+1/i19D. The summed E-state index contributed by atoms with van der Waals surface area (Å²) in [4.78, 5) is 4.32. The molecule has 0 atom stereocenters. The molecule has 36 heavy (non-hydrogen) atoms. The second-order valence-corrected chi connectivity index (χ2v) is 11.2. The van der Waals surface area contributed by atoms with E-state index in [0.29, 0.717) is 18.0 Å². The maximum absolute atomic E-state index is 8.89. The minimum Gasteiger partial charge on any atom is -0.264 e. The molecule has 0 unspecified atom stereocenters. The van der Waals surface area contributed by atoms with E-state index in [0.717, 1.165) is 16.5 Å². The Morgan fingerprint density at radius 1 is 0.833 bits per heavy atom. The van der Waals surface area contributed by atoms with E-state index in [9.17, 15) is 0 Å². The third-order valence-electron chi connectivity index (χ3n) is 8.90. The van der Waals surface area contributed by atoms with Crippen molar-refractivity contribution >= 4 is 10.8 Å². The number of fused-ring (bicyclic) bond motifs is 1. The molecule has 0 amide bonds. The van der Waals surface area contributed by atoms with Crippen LogP contribution in [0.25, 0.3) is 33.2 Å². The summed E-state index contributed by atoms with van der Waals surface area (Å²) in [5.74, 6) is 1.34. The second kappa shape index (κ2) is 10.2. The highest BCUT2D eigenvalue weighted by Crippen LogP contribution is 2.42. The van der Waals surface area contributed by atoms with Crippen LogP contribution in [0.2, 0.25) is 0 Å². The molecule has 0 aliphatic heterocycles. The summed E-state index contributed by atoms with van der Waals surface area (Å²) in [6, 6.07) is 17.9. The topological polar surface area (TPSA) is 16.8 Å². The third-order valence-corrected chi connectivity index (χ3v) is 8.90. The van der Waals surface area contributed by atoms with Crippen LogP contribution in [0, 0.1) is 6.92 Å². The van der Waals surface area contributed by atoms with Crippen LogP contribution in [-0.4, -0.2) is 4.98 Å². The van der Waals surface area contributed by atoms with Crippen molar-refractivity contribution in [2.24, 2.45) is 7.05 Å². The van der Waals surface area contributed by atoms with Crippen molar-refractivity contribution in [2.75, 3.05) is 0 Å². The molecular formula is C34H39N2+. The smallest absolute Gasteiger partial charge is 0.220 e. The van der Waals surface area contributed by atoms with Gasteiger partial charge in [0.2, 0.25) is 5.69 Å². The first-order chi connectivity index (χ1) is 18.1. The van der Waals surface area contributed by atoms with Gasteiger partial charge in [-0.3, -0.25) is 4.98 Å². The number of rotatable bonds is 4. The molecule has 0 bridgehead atoms. The van der Waals surface area contributed by atoms with Crippen molar-refractivity contribution in [1.82, 2.24) is 4.98 Å². The van der Waals surface area contributed by atoms with Crippen LogP contribution in [-0.2, 0) is 7.05 Å². The maximum atomic E-state index is 8.89. The van der Waals surface area contributed by atoms with Gasteiger partial charge in [-0.2, -0.15) is 0 Å². The average molecular weight is 477 g/mol. The van der Waals surface area contributed by atoms with E-state index in [1.165, 1.54) is 92.0 Å². The molecule has 2 fully saturated rings. The number of hydrogen-bond acceptors (Lipinski definition) is 1. The van der Waals surface area contributed by atoms with Crippen LogP contribution in [0.3, 0.4) is 0 Å². The van der Waals surface area contributed by atoms with E-state index in [4.69, 9.17) is 1.37 Å². The minimum absolute atomic E-state index is 0.549. The van der Waals surface area contributed by atoms with Gasteiger partial charge in [0, 0.05) is 24.0 Å². The Morgan fingerprint density at radius 3 is 2.31 bits per heavy atom. The zero-order valence-corrected chi connectivity index (χ0v) is 21.9. The molecule has 0 radical (unpaired) electrons. The first kappa shape index (κ1) is 22.2. The molecule has 2 aliphatic rings. The zero-order chi connectivity index (χ0) is 25.4. The predicted octanol–water partition coefficient (Wildman–Crippen LogP) is 8.80.